The standard InChI is InChI=1S/C16H15NO3S/c1-11-7-8-12(9-14(11)16(19)20)17-15(18)10-21-13-5-3-2-4-6-13/h2-9H,10H2,1H3,(H,17,18)(H,19,20). The smallest absolute Gasteiger partial charge is 0.336 e. The minimum absolute atomic E-state index is 0.163. The number of hydrogen-bond donors (Lipinski definition) is 2. The highest BCUT2D eigenvalue weighted by Gasteiger charge is 2.09. The maximum Gasteiger partial charge on any atom is 0.336 e. The summed E-state index contributed by atoms with van der Waals surface area (Å²) in [6.45, 7) is 1.72. The van der Waals surface area contributed by atoms with Gasteiger partial charge in [-0.1, -0.05) is 24.3 Å². The summed E-state index contributed by atoms with van der Waals surface area (Å²) >= 11 is 1.43. The molecule has 0 fully saturated rings. The number of thioether (sulfide) groups is 1. The van der Waals surface area contributed by atoms with Crippen LogP contribution in [0.3, 0.4) is 0 Å². The largest absolute Gasteiger partial charge is 0.478 e. The summed E-state index contributed by atoms with van der Waals surface area (Å²) < 4.78 is 0. The lowest BCUT2D eigenvalue weighted by Crippen LogP contribution is -2.14. The molecule has 21 heavy (non-hydrogen) atoms. The van der Waals surface area contributed by atoms with Gasteiger partial charge in [0, 0.05) is 10.6 Å². The molecule has 0 aromatic heterocycles. The molecule has 2 aromatic carbocycles. The first kappa shape index (κ1) is 15.1. The Labute approximate surface area is 127 Å². The molecule has 108 valence electrons. The quantitative estimate of drug-likeness (QED) is 0.830. The van der Waals surface area contributed by atoms with E-state index in [9.17, 15) is 9.59 Å². The molecule has 5 heteroatoms. The second-order valence-electron chi connectivity index (χ2n) is 4.48. The average molecular weight is 301 g/mol. The lowest BCUT2D eigenvalue weighted by molar-refractivity contribution is -0.113. The topological polar surface area (TPSA) is 66.4 Å². The molecule has 0 aliphatic rings. The van der Waals surface area contributed by atoms with Crippen LogP contribution in [0.2, 0.25) is 0 Å². The van der Waals surface area contributed by atoms with E-state index in [1.807, 2.05) is 30.3 Å². The van der Waals surface area contributed by atoms with Gasteiger partial charge in [0.05, 0.1) is 11.3 Å². The highest BCUT2D eigenvalue weighted by atomic mass is 32.2. The Morgan fingerprint density at radius 1 is 1.14 bits per heavy atom. The molecule has 0 saturated heterocycles. The third kappa shape index (κ3) is 4.36. The van der Waals surface area contributed by atoms with Crippen molar-refractivity contribution in [3.63, 3.8) is 0 Å². The Bertz CT molecular complexity index is 656. The van der Waals surface area contributed by atoms with E-state index in [0.717, 1.165) is 4.90 Å². The van der Waals surface area contributed by atoms with E-state index < -0.39 is 5.97 Å². The maximum atomic E-state index is 11.9. The van der Waals surface area contributed by atoms with Gasteiger partial charge in [0.1, 0.15) is 0 Å². The van der Waals surface area contributed by atoms with E-state index in [-0.39, 0.29) is 17.2 Å². The number of amides is 1. The van der Waals surface area contributed by atoms with Crippen molar-refractivity contribution >= 4 is 29.3 Å². The van der Waals surface area contributed by atoms with Crippen LogP contribution in [-0.2, 0) is 4.79 Å². The number of aryl methyl sites for hydroxylation is 1. The summed E-state index contributed by atoms with van der Waals surface area (Å²) in [7, 11) is 0. The van der Waals surface area contributed by atoms with Crippen molar-refractivity contribution in [2.24, 2.45) is 0 Å². The molecule has 0 atom stereocenters. The fourth-order valence-corrected chi connectivity index (χ4v) is 2.51. The predicted octanol–water partition coefficient (Wildman–Crippen LogP) is 3.42. The number of hydrogen-bond acceptors (Lipinski definition) is 3. The molecular weight excluding hydrogens is 286 g/mol. The number of rotatable bonds is 5. The lowest BCUT2D eigenvalue weighted by Gasteiger charge is -2.08. The van der Waals surface area contributed by atoms with Crippen molar-refractivity contribution in [3.05, 3.63) is 59.7 Å². The van der Waals surface area contributed by atoms with Crippen LogP contribution in [0.4, 0.5) is 5.69 Å². The Morgan fingerprint density at radius 2 is 1.86 bits per heavy atom. The number of aromatic carboxylic acids is 1. The van der Waals surface area contributed by atoms with E-state index in [1.165, 1.54) is 17.8 Å². The minimum Gasteiger partial charge on any atom is -0.478 e. The number of carbonyl (C=O) groups excluding carboxylic acids is 1. The molecule has 2 aromatic rings. The third-order valence-corrected chi connectivity index (χ3v) is 3.88. The molecular formula is C16H15NO3S. The second kappa shape index (κ2) is 6.95. The molecule has 1 amide bonds. The van der Waals surface area contributed by atoms with E-state index in [2.05, 4.69) is 5.32 Å². The highest BCUT2D eigenvalue weighted by molar-refractivity contribution is 8.00. The molecule has 0 bridgehead atoms. The van der Waals surface area contributed by atoms with Gasteiger partial charge in [-0.3, -0.25) is 4.79 Å². The molecule has 2 rings (SSSR count). The SMILES string of the molecule is Cc1ccc(NC(=O)CSc2ccccc2)cc1C(=O)O. The van der Waals surface area contributed by atoms with Gasteiger partial charge in [0.15, 0.2) is 0 Å². The van der Waals surface area contributed by atoms with Crippen LogP contribution in [-0.4, -0.2) is 22.7 Å². The molecule has 2 N–H and O–H groups in total. The first-order valence-corrected chi connectivity index (χ1v) is 7.36. The number of carboxylic acids is 1. The highest BCUT2D eigenvalue weighted by Crippen LogP contribution is 2.19. The van der Waals surface area contributed by atoms with Crippen LogP contribution in [0.15, 0.2) is 53.4 Å². The van der Waals surface area contributed by atoms with E-state index in [4.69, 9.17) is 5.11 Å². The molecule has 4 nitrogen and oxygen atoms in total. The number of carboxylic acid groups (broad SMARTS) is 1. The van der Waals surface area contributed by atoms with Crippen molar-refractivity contribution in [1.82, 2.24) is 0 Å². The Hall–Kier alpha value is -2.27. The summed E-state index contributed by atoms with van der Waals surface area (Å²) in [4.78, 5) is 23.9. The maximum absolute atomic E-state index is 11.9. The summed E-state index contributed by atoms with van der Waals surface area (Å²) in [5.74, 6) is -0.883. The summed E-state index contributed by atoms with van der Waals surface area (Å²) in [5.41, 5.74) is 1.36. The summed E-state index contributed by atoms with van der Waals surface area (Å²) in [6, 6.07) is 14.5. The van der Waals surface area contributed by atoms with Gasteiger partial charge in [-0.2, -0.15) is 0 Å². The van der Waals surface area contributed by atoms with Crippen LogP contribution in [0.1, 0.15) is 15.9 Å². The van der Waals surface area contributed by atoms with Crippen molar-refractivity contribution in [2.75, 3.05) is 11.1 Å². The Kier molecular flexibility index (Phi) is 5.00. The zero-order valence-corrected chi connectivity index (χ0v) is 12.3. The monoisotopic (exact) mass is 301 g/mol. The van der Waals surface area contributed by atoms with Gasteiger partial charge in [-0.25, -0.2) is 4.79 Å². The van der Waals surface area contributed by atoms with Crippen molar-refractivity contribution in [1.29, 1.82) is 0 Å². The molecule has 0 unspecified atom stereocenters. The first-order chi connectivity index (χ1) is 10.1. The van der Waals surface area contributed by atoms with Crippen LogP contribution in [0.25, 0.3) is 0 Å². The van der Waals surface area contributed by atoms with E-state index >= 15 is 0 Å². The van der Waals surface area contributed by atoms with Crippen LogP contribution >= 0.6 is 11.8 Å². The number of nitrogens with one attached hydrogen (secondary N) is 1. The summed E-state index contributed by atoms with van der Waals surface area (Å²) in [6.07, 6.45) is 0. The molecule has 0 saturated carbocycles. The number of benzene rings is 2. The van der Waals surface area contributed by atoms with Gasteiger partial charge in [-0.15, -0.1) is 11.8 Å². The molecule has 0 heterocycles. The fourth-order valence-electron chi connectivity index (χ4n) is 1.79. The van der Waals surface area contributed by atoms with Crippen molar-refractivity contribution in [2.45, 2.75) is 11.8 Å². The summed E-state index contributed by atoms with van der Waals surface area (Å²) in [5, 5.41) is 11.8. The average Bonchev–Trinajstić information content (AvgIpc) is 2.48. The van der Waals surface area contributed by atoms with Crippen molar-refractivity contribution < 1.29 is 14.7 Å². The van der Waals surface area contributed by atoms with E-state index in [1.54, 1.807) is 19.1 Å². The Balaban J connectivity index is 1.97. The molecule has 0 aliphatic carbocycles. The van der Waals surface area contributed by atoms with Crippen molar-refractivity contribution in [3.8, 4) is 0 Å². The normalized spacial score (nSPS) is 10.1. The van der Waals surface area contributed by atoms with Crippen LogP contribution in [0, 0.1) is 6.92 Å². The van der Waals surface area contributed by atoms with Gasteiger partial charge in [0.25, 0.3) is 0 Å². The van der Waals surface area contributed by atoms with Gasteiger partial charge in [-0.05, 0) is 36.8 Å². The molecule has 0 aliphatic heterocycles. The predicted molar refractivity (Wildman–Crippen MR) is 83.9 cm³/mol. The molecule has 0 radical (unpaired) electrons. The van der Waals surface area contributed by atoms with Gasteiger partial charge >= 0.3 is 5.97 Å². The fraction of sp³-hybridized carbons (Fsp3) is 0.125. The number of anilines is 1. The van der Waals surface area contributed by atoms with Crippen LogP contribution < -0.4 is 5.32 Å². The van der Waals surface area contributed by atoms with Gasteiger partial charge in [0.2, 0.25) is 5.91 Å². The number of carbonyl (C=O) groups is 2. The second-order valence-corrected chi connectivity index (χ2v) is 5.53. The Morgan fingerprint density at radius 3 is 2.52 bits per heavy atom. The van der Waals surface area contributed by atoms with E-state index in [0.29, 0.717) is 11.3 Å². The minimum atomic E-state index is -0.998. The van der Waals surface area contributed by atoms with Gasteiger partial charge < -0.3 is 10.4 Å². The molecule has 0 spiro atoms. The first-order valence-electron chi connectivity index (χ1n) is 6.38. The van der Waals surface area contributed by atoms with Crippen LogP contribution in [0.5, 0.6) is 0 Å². The lowest BCUT2D eigenvalue weighted by atomic mass is 10.1. The zero-order valence-electron chi connectivity index (χ0n) is 11.5. The zero-order chi connectivity index (χ0) is 15.2. The third-order valence-electron chi connectivity index (χ3n) is 2.86.